The number of likely N-dealkylation sites (tertiary alicyclic amines) is 1. The molecule has 1 heterocycles. The second-order valence-corrected chi connectivity index (χ2v) is 6.25. The number of piperidine rings is 1. The van der Waals surface area contributed by atoms with Gasteiger partial charge in [0.1, 0.15) is 6.04 Å². The lowest BCUT2D eigenvalue weighted by Crippen LogP contribution is -2.50. The van der Waals surface area contributed by atoms with Crippen molar-refractivity contribution in [3.8, 4) is 12.3 Å². The topological polar surface area (TPSA) is 49.9 Å². The molecule has 5 heteroatoms. The summed E-state index contributed by atoms with van der Waals surface area (Å²) in [5, 5.41) is 0. The molecular weight excluding hydrogens is 316 g/mol. The van der Waals surface area contributed by atoms with Crippen LogP contribution < -0.4 is 4.90 Å². The van der Waals surface area contributed by atoms with Crippen molar-refractivity contribution in [1.29, 1.82) is 0 Å². The average Bonchev–Trinajstić information content (AvgIpc) is 2.66. The van der Waals surface area contributed by atoms with Crippen molar-refractivity contribution in [3.05, 3.63) is 30.3 Å². The minimum atomic E-state index is -0.608. The largest absolute Gasteiger partial charge is 0.467 e. The number of nitrogens with zero attached hydrogens (tertiary/aromatic N) is 2. The Morgan fingerprint density at radius 1 is 1.32 bits per heavy atom. The van der Waals surface area contributed by atoms with Gasteiger partial charge in [-0.05, 0) is 44.5 Å². The van der Waals surface area contributed by atoms with Crippen molar-refractivity contribution in [2.45, 2.75) is 32.2 Å². The van der Waals surface area contributed by atoms with E-state index in [2.05, 4.69) is 10.8 Å². The summed E-state index contributed by atoms with van der Waals surface area (Å²) >= 11 is 0. The van der Waals surface area contributed by atoms with Crippen LogP contribution in [0, 0.1) is 18.3 Å². The van der Waals surface area contributed by atoms with Crippen LogP contribution in [0.5, 0.6) is 0 Å². The molecule has 1 atom stereocenters. The zero-order chi connectivity index (χ0) is 18.2. The lowest BCUT2D eigenvalue weighted by atomic mass is 9.94. The molecule has 0 bridgehead atoms. The van der Waals surface area contributed by atoms with Crippen LogP contribution in [0.4, 0.5) is 5.69 Å². The SMILES string of the molecule is C#CCN1CCC(C(=O)N(c2ccccc2)[C@H](CC)C(=O)OC)CC1. The Morgan fingerprint density at radius 2 is 1.96 bits per heavy atom. The number of benzene rings is 1. The Hall–Kier alpha value is -2.32. The lowest BCUT2D eigenvalue weighted by molar-refractivity contribution is -0.144. The van der Waals surface area contributed by atoms with E-state index in [1.54, 1.807) is 4.90 Å². The predicted molar refractivity (Wildman–Crippen MR) is 98.0 cm³/mol. The molecule has 1 aliphatic rings. The van der Waals surface area contributed by atoms with Gasteiger partial charge in [-0.2, -0.15) is 0 Å². The summed E-state index contributed by atoms with van der Waals surface area (Å²) < 4.78 is 4.93. The number of rotatable bonds is 6. The lowest BCUT2D eigenvalue weighted by Gasteiger charge is -2.36. The van der Waals surface area contributed by atoms with Crippen molar-refractivity contribution in [2.24, 2.45) is 5.92 Å². The van der Waals surface area contributed by atoms with E-state index in [1.807, 2.05) is 37.3 Å². The van der Waals surface area contributed by atoms with Crippen LogP contribution in [-0.4, -0.2) is 49.6 Å². The Kier molecular flexibility index (Phi) is 7.03. The molecule has 1 saturated heterocycles. The van der Waals surface area contributed by atoms with Gasteiger partial charge in [0.05, 0.1) is 13.7 Å². The van der Waals surface area contributed by atoms with E-state index >= 15 is 0 Å². The van der Waals surface area contributed by atoms with E-state index in [1.165, 1.54) is 7.11 Å². The fourth-order valence-electron chi connectivity index (χ4n) is 3.30. The monoisotopic (exact) mass is 342 g/mol. The van der Waals surface area contributed by atoms with Gasteiger partial charge in [-0.25, -0.2) is 4.79 Å². The van der Waals surface area contributed by atoms with Crippen LogP contribution in [0.1, 0.15) is 26.2 Å². The average molecular weight is 342 g/mol. The number of methoxy groups -OCH3 is 1. The van der Waals surface area contributed by atoms with Crippen molar-refractivity contribution in [2.75, 3.05) is 31.6 Å². The maximum absolute atomic E-state index is 13.2. The van der Waals surface area contributed by atoms with Crippen LogP contribution in [-0.2, 0) is 14.3 Å². The number of ether oxygens (including phenoxy) is 1. The van der Waals surface area contributed by atoms with Crippen LogP contribution in [0.25, 0.3) is 0 Å². The third-order valence-corrected chi connectivity index (χ3v) is 4.70. The molecule has 0 aliphatic carbocycles. The molecule has 1 aliphatic heterocycles. The standard InChI is InChI=1S/C20H26N2O3/c1-4-13-21-14-11-16(12-15-21)19(23)22(17-9-7-6-8-10-17)18(5-2)20(24)25-3/h1,6-10,16,18H,5,11-15H2,2-3H3/t18-/m1/s1. The summed E-state index contributed by atoms with van der Waals surface area (Å²) in [6.45, 7) is 4.11. The van der Waals surface area contributed by atoms with Crippen LogP contribution in [0.15, 0.2) is 30.3 Å². The number of hydrogen-bond acceptors (Lipinski definition) is 4. The third-order valence-electron chi connectivity index (χ3n) is 4.70. The molecule has 0 radical (unpaired) electrons. The van der Waals surface area contributed by atoms with Gasteiger partial charge < -0.3 is 4.74 Å². The first kappa shape index (κ1) is 19.0. The van der Waals surface area contributed by atoms with E-state index in [0.29, 0.717) is 13.0 Å². The van der Waals surface area contributed by atoms with Gasteiger partial charge in [-0.3, -0.25) is 14.6 Å². The molecule has 5 nitrogen and oxygen atoms in total. The van der Waals surface area contributed by atoms with Crippen molar-refractivity contribution >= 4 is 17.6 Å². The van der Waals surface area contributed by atoms with Crippen LogP contribution >= 0.6 is 0 Å². The highest BCUT2D eigenvalue weighted by Crippen LogP contribution is 2.26. The van der Waals surface area contributed by atoms with E-state index in [9.17, 15) is 9.59 Å². The molecule has 0 N–H and O–H groups in total. The molecule has 0 spiro atoms. The van der Waals surface area contributed by atoms with Crippen molar-refractivity contribution in [1.82, 2.24) is 4.90 Å². The number of carbonyl (C=O) groups is 2. The first-order valence-corrected chi connectivity index (χ1v) is 8.74. The number of hydrogen-bond donors (Lipinski definition) is 0. The zero-order valence-electron chi connectivity index (χ0n) is 15.0. The Labute approximate surface area is 149 Å². The molecule has 0 unspecified atom stereocenters. The molecule has 1 aromatic rings. The highest BCUT2D eigenvalue weighted by molar-refractivity contribution is 6.00. The first-order chi connectivity index (χ1) is 12.1. The van der Waals surface area contributed by atoms with Crippen LogP contribution in [0.2, 0.25) is 0 Å². The van der Waals surface area contributed by atoms with Gasteiger partial charge in [0.15, 0.2) is 0 Å². The smallest absolute Gasteiger partial charge is 0.328 e. The Balaban J connectivity index is 2.22. The molecular formula is C20H26N2O3. The number of esters is 1. The Bertz CT molecular complexity index is 616. The second-order valence-electron chi connectivity index (χ2n) is 6.25. The third kappa shape index (κ3) is 4.61. The maximum atomic E-state index is 13.2. The highest BCUT2D eigenvalue weighted by Gasteiger charge is 2.35. The van der Waals surface area contributed by atoms with Gasteiger partial charge in [-0.15, -0.1) is 6.42 Å². The summed E-state index contributed by atoms with van der Waals surface area (Å²) in [4.78, 5) is 29.3. The van der Waals surface area contributed by atoms with Crippen molar-refractivity contribution < 1.29 is 14.3 Å². The predicted octanol–water partition coefficient (Wildman–Crippen LogP) is 2.32. The van der Waals surface area contributed by atoms with Gasteiger partial charge in [0.2, 0.25) is 5.91 Å². The first-order valence-electron chi connectivity index (χ1n) is 8.74. The molecule has 1 fully saturated rings. The number of terminal acetylenes is 1. The minimum Gasteiger partial charge on any atom is -0.467 e. The second kappa shape index (κ2) is 9.24. The molecule has 1 aromatic carbocycles. The molecule has 2 rings (SSSR count). The van der Waals surface area contributed by atoms with Gasteiger partial charge in [-0.1, -0.05) is 31.0 Å². The van der Waals surface area contributed by atoms with Crippen molar-refractivity contribution in [3.63, 3.8) is 0 Å². The molecule has 134 valence electrons. The molecule has 0 aromatic heterocycles. The summed E-state index contributed by atoms with van der Waals surface area (Å²) in [6.07, 6.45) is 7.37. The zero-order valence-corrected chi connectivity index (χ0v) is 15.0. The van der Waals surface area contributed by atoms with Crippen LogP contribution in [0.3, 0.4) is 0 Å². The van der Waals surface area contributed by atoms with Gasteiger partial charge in [0.25, 0.3) is 0 Å². The summed E-state index contributed by atoms with van der Waals surface area (Å²) in [6, 6.07) is 8.74. The Morgan fingerprint density at radius 3 is 2.48 bits per heavy atom. The number of amides is 1. The number of anilines is 1. The number of carbonyl (C=O) groups excluding carboxylic acids is 2. The fraction of sp³-hybridized carbons (Fsp3) is 0.500. The highest BCUT2D eigenvalue weighted by atomic mass is 16.5. The quantitative estimate of drug-likeness (QED) is 0.588. The molecule has 0 saturated carbocycles. The van der Waals surface area contributed by atoms with E-state index in [4.69, 9.17) is 11.2 Å². The van der Waals surface area contributed by atoms with E-state index in [0.717, 1.165) is 31.6 Å². The van der Waals surface area contributed by atoms with E-state index in [-0.39, 0.29) is 17.8 Å². The van der Waals surface area contributed by atoms with Gasteiger partial charge >= 0.3 is 5.97 Å². The van der Waals surface area contributed by atoms with Gasteiger partial charge in [0, 0.05) is 11.6 Å². The molecule has 25 heavy (non-hydrogen) atoms. The number of para-hydroxylation sites is 1. The normalized spacial score (nSPS) is 16.7. The summed E-state index contributed by atoms with van der Waals surface area (Å²) in [5.74, 6) is 2.15. The summed E-state index contributed by atoms with van der Waals surface area (Å²) in [5.41, 5.74) is 0.732. The molecule has 1 amide bonds. The fourth-order valence-corrected chi connectivity index (χ4v) is 3.30. The minimum absolute atomic E-state index is 0.0104. The maximum Gasteiger partial charge on any atom is 0.328 e. The summed E-state index contributed by atoms with van der Waals surface area (Å²) in [7, 11) is 1.36. The van der Waals surface area contributed by atoms with E-state index < -0.39 is 6.04 Å².